The van der Waals surface area contributed by atoms with Crippen molar-refractivity contribution in [1.82, 2.24) is 4.90 Å². The molecule has 0 atom stereocenters. The fourth-order valence-corrected chi connectivity index (χ4v) is 2.16. The summed E-state index contributed by atoms with van der Waals surface area (Å²) in [4.78, 5) is 2.38. The molecule has 1 aromatic carbocycles. The number of nitrogens with zero attached hydrogens (tertiary/aromatic N) is 1. The highest BCUT2D eigenvalue weighted by molar-refractivity contribution is 5.69. The van der Waals surface area contributed by atoms with Crippen LogP contribution in [0, 0.1) is 0 Å². The van der Waals surface area contributed by atoms with Crippen LogP contribution in [-0.4, -0.2) is 51.5 Å². The van der Waals surface area contributed by atoms with E-state index in [1.54, 1.807) is 19.2 Å². The van der Waals surface area contributed by atoms with Crippen LogP contribution in [0.25, 0.3) is 0 Å². The van der Waals surface area contributed by atoms with Gasteiger partial charge in [0, 0.05) is 31.8 Å². The molecule has 0 bridgehead atoms. The molecular weight excluding hydrogens is 258 g/mol. The van der Waals surface area contributed by atoms with Crippen LogP contribution in [0.5, 0.6) is 11.5 Å². The van der Waals surface area contributed by atoms with Gasteiger partial charge in [-0.1, -0.05) is 0 Å². The number of morpholine rings is 1. The fraction of sp³-hybridized carbons (Fsp3) is 0.571. The van der Waals surface area contributed by atoms with E-state index in [0.29, 0.717) is 29.5 Å². The minimum atomic E-state index is 0.502. The van der Waals surface area contributed by atoms with Crippen molar-refractivity contribution in [1.29, 1.82) is 0 Å². The van der Waals surface area contributed by atoms with Gasteiger partial charge in [0.05, 0.1) is 38.3 Å². The first-order valence-electron chi connectivity index (χ1n) is 6.86. The second-order valence-electron chi connectivity index (χ2n) is 4.79. The molecule has 0 amide bonds. The second-order valence-corrected chi connectivity index (χ2v) is 4.79. The van der Waals surface area contributed by atoms with Crippen molar-refractivity contribution in [3.05, 3.63) is 12.1 Å². The number of nitrogens with two attached hydrogens (primary N) is 2. The minimum Gasteiger partial charge on any atom is -0.493 e. The summed E-state index contributed by atoms with van der Waals surface area (Å²) in [6.07, 6.45) is 0.952. The highest BCUT2D eigenvalue weighted by atomic mass is 16.5. The smallest absolute Gasteiger partial charge is 0.163 e. The van der Waals surface area contributed by atoms with Gasteiger partial charge in [-0.05, 0) is 6.42 Å². The Balaban J connectivity index is 1.79. The van der Waals surface area contributed by atoms with Crippen molar-refractivity contribution in [2.75, 3.05) is 58.0 Å². The third-order valence-electron chi connectivity index (χ3n) is 3.35. The van der Waals surface area contributed by atoms with Gasteiger partial charge < -0.3 is 25.7 Å². The Morgan fingerprint density at radius 2 is 1.80 bits per heavy atom. The average Bonchev–Trinajstić information content (AvgIpc) is 2.48. The third kappa shape index (κ3) is 3.91. The van der Waals surface area contributed by atoms with E-state index < -0.39 is 0 Å². The lowest BCUT2D eigenvalue weighted by atomic mass is 10.2. The fourth-order valence-electron chi connectivity index (χ4n) is 2.16. The molecule has 20 heavy (non-hydrogen) atoms. The number of ether oxygens (including phenoxy) is 3. The molecule has 0 radical (unpaired) electrons. The van der Waals surface area contributed by atoms with Crippen LogP contribution in [0.15, 0.2) is 12.1 Å². The Bertz CT molecular complexity index is 434. The van der Waals surface area contributed by atoms with Gasteiger partial charge in [-0.15, -0.1) is 0 Å². The normalized spacial score (nSPS) is 16.1. The summed E-state index contributed by atoms with van der Waals surface area (Å²) in [5.74, 6) is 1.25. The summed E-state index contributed by atoms with van der Waals surface area (Å²) >= 11 is 0. The molecule has 1 aliphatic heterocycles. The van der Waals surface area contributed by atoms with Gasteiger partial charge in [-0.2, -0.15) is 0 Å². The molecule has 0 saturated carbocycles. The number of hydrogen-bond acceptors (Lipinski definition) is 6. The highest BCUT2D eigenvalue weighted by Gasteiger charge is 2.11. The maximum Gasteiger partial charge on any atom is 0.163 e. The third-order valence-corrected chi connectivity index (χ3v) is 3.35. The molecule has 112 valence electrons. The lowest BCUT2D eigenvalue weighted by Gasteiger charge is -2.26. The Hall–Kier alpha value is -1.66. The molecule has 0 aromatic heterocycles. The first kappa shape index (κ1) is 14.7. The Morgan fingerprint density at radius 1 is 1.15 bits per heavy atom. The molecular formula is C14H23N3O3. The number of anilines is 2. The predicted molar refractivity (Wildman–Crippen MR) is 79.2 cm³/mol. The van der Waals surface area contributed by atoms with E-state index in [0.717, 1.165) is 39.3 Å². The predicted octanol–water partition coefficient (Wildman–Crippen LogP) is 0.961. The molecule has 1 saturated heterocycles. The van der Waals surface area contributed by atoms with E-state index >= 15 is 0 Å². The largest absolute Gasteiger partial charge is 0.493 e. The van der Waals surface area contributed by atoms with Crippen molar-refractivity contribution in [3.8, 4) is 11.5 Å². The van der Waals surface area contributed by atoms with Gasteiger partial charge in [0.15, 0.2) is 11.5 Å². The first-order valence-corrected chi connectivity index (χ1v) is 6.86. The Morgan fingerprint density at radius 3 is 2.45 bits per heavy atom. The monoisotopic (exact) mass is 281 g/mol. The van der Waals surface area contributed by atoms with Crippen molar-refractivity contribution in [3.63, 3.8) is 0 Å². The van der Waals surface area contributed by atoms with Crippen molar-refractivity contribution in [2.24, 2.45) is 0 Å². The quantitative estimate of drug-likeness (QED) is 0.597. The molecule has 0 spiro atoms. The van der Waals surface area contributed by atoms with Crippen LogP contribution in [-0.2, 0) is 4.74 Å². The van der Waals surface area contributed by atoms with Crippen LogP contribution in [0.4, 0.5) is 11.4 Å². The number of nitrogen functional groups attached to an aromatic ring is 2. The average molecular weight is 281 g/mol. The molecule has 0 aliphatic carbocycles. The summed E-state index contributed by atoms with van der Waals surface area (Å²) < 4.78 is 16.3. The van der Waals surface area contributed by atoms with Gasteiger partial charge in [0.1, 0.15) is 0 Å². The zero-order valence-corrected chi connectivity index (χ0v) is 11.9. The Kier molecular flexibility index (Phi) is 5.31. The number of benzene rings is 1. The first-order chi connectivity index (χ1) is 9.70. The number of rotatable bonds is 6. The maximum absolute atomic E-state index is 5.78. The molecule has 1 heterocycles. The van der Waals surface area contributed by atoms with Crippen LogP contribution >= 0.6 is 0 Å². The SMILES string of the molecule is COc1cc(N)c(N)cc1OCCCN1CCOCC1. The van der Waals surface area contributed by atoms with Gasteiger partial charge >= 0.3 is 0 Å². The van der Waals surface area contributed by atoms with Crippen LogP contribution in [0.3, 0.4) is 0 Å². The van der Waals surface area contributed by atoms with E-state index in [1.165, 1.54) is 0 Å². The van der Waals surface area contributed by atoms with Crippen LogP contribution < -0.4 is 20.9 Å². The summed E-state index contributed by atoms with van der Waals surface area (Å²) in [7, 11) is 1.59. The topological polar surface area (TPSA) is 83.0 Å². The molecule has 1 fully saturated rings. The maximum atomic E-state index is 5.78. The van der Waals surface area contributed by atoms with Crippen molar-refractivity contribution in [2.45, 2.75) is 6.42 Å². The summed E-state index contributed by atoms with van der Waals surface area (Å²) in [5.41, 5.74) is 12.5. The second kappa shape index (κ2) is 7.21. The Labute approximate surface area is 119 Å². The molecule has 6 heteroatoms. The lowest BCUT2D eigenvalue weighted by molar-refractivity contribution is 0.0357. The van der Waals surface area contributed by atoms with Gasteiger partial charge in [-0.25, -0.2) is 0 Å². The van der Waals surface area contributed by atoms with E-state index in [1.807, 2.05) is 0 Å². The van der Waals surface area contributed by atoms with E-state index in [4.69, 9.17) is 25.7 Å². The molecule has 1 aromatic rings. The van der Waals surface area contributed by atoms with E-state index in [9.17, 15) is 0 Å². The molecule has 0 unspecified atom stereocenters. The van der Waals surface area contributed by atoms with Crippen LogP contribution in [0.2, 0.25) is 0 Å². The summed E-state index contributed by atoms with van der Waals surface area (Å²) in [6, 6.07) is 3.40. The minimum absolute atomic E-state index is 0.502. The van der Waals surface area contributed by atoms with Crippen molar-refractivity contribution >= 4 is 11.4 Å². The van der Waals surface area contributed by atoms with Crippen LogP contribution in [0.1, 0.15) is 6.42 Å². The lowest BCUT2D eigenvalue weighted by Crippen LogP contribution is -2.37. The number of methoxy groups -OCH3 is 1. The molecule has 2 rings (SSSR count). The summed E-state index contributed by atoms with van der Waals surface area (Å²) in [6.45, 7) is 5.27. The molecule has 6 nitrogen and oxygen atoms in total. The van der Waals surface area contributed by atoms with E-state index in [-0.39, 0.29) is 0 Å². The standard InChI is InChI=1S/C14H23N3O3/c1-18-13-9-11(15)12(16)10-14(13)20-6-2-3-17-4-7-19-8-5-17/h9-10H,2-8,15-16H2,1H3. The highest BCUT2D eigenvalue weighted by Crippen LogP contribution is 2.33. The zero-order valence-electron chi connectivity index (χ0n) is 11.9. The van der Waals surface area contributed by atoms with Crippen molar-refractivity contribution < 1.29 is 14.2 Å². The number of hydrogen-bond donors (Lipinski definition) is 2. The van der Waals surface area contributed by atoms with Gasteiger partial charge in [-0.3, -0.25) is 4.90 Å². The van der Waals surface area contributed by atoms with Gasteiger partial charge in [0.2, 0.25) is 0 Å². The molecule has 1 aliphatic rings. The van der Waals surface area contributed by atoms with E-state index in [2.05, 4.69) is 4.90 Å². The zero-order chi connectivity index (χ0) is 14.4. The summed E-state index contributed by atoms with van der Waals surface area (Å²) in [5, 5.41) is 0. The molecule has 4 N–H and O–H groups in total. The van der Waals surface area contributed by atoms with Gasteiger partial charge in [0.25, 0.3) is 0 Å².